The Labute approximate surface area is 345 Å². The van der Waals surface area contributed by atoms with Gasteiger partial charge in [-0.1, -0.05) is 32.1 Å². The number of aromatic nitrogens is 1. The predicted octanol–water partition coefficient (Wildman–Crippen LogP) is 8.82. The number of hydrogen-bond donors (Lipinski definition) is 6. The van der Waals surface area contributed by atoms with E-state index in [1.165, 1.54) is 26.0 Å². The first-order chi connectivity index (χ1) is 27.3. The van der Waals surface area contributed by atoms with Gasteiger partial charge in [0.05, 0.1) is 39.7 Å². The summed E-state index contributed by atoms with van der Waals surface area (Å²) in [4.78, 5) is 57.3. The van der Waals surface area contributed by atoms with Gasteiger partial charge < -0.3 is 21.3 Å². The average molecular weight is 925 g/mol. The third kappa shape index (κ3) is 14.2. The molecule has 57 heavy (non-hydrogen) atoms. The number of hydroxylamine groups is 1. The van der Waals surface area contributed by atoms with E-state index in [4.69, 9.17) is 4.84 Å². The Bertz CT molecular complexity index is 2040. The van der Waals surface area contributed by atoms with Crippen molar-refractivity contribution in [1.29, 1.82) is 0 Å². The van der Waals surface area contributed by atoms with Gasteiger partial charge in [0.15, 0.2) is 16.8 Å². The summed E-state index contributed by atoms with van der Waals surface area (Å²) in [5.74, 6) is -4.89. The van der Waals surface area contributed by atoms with Crippen LogP contribution >= 0.6 is 33.9 Å². The molecular formula is C38H44F3IN8O6S. The first-order valence-electron chi connectivity index (χ1n) is 18.3. The third-order valence-corrected chi connectivity index (χ3v) is 10.1. The van der Waals surface area contributed by atoms with Gasteiger partial charge in [-0.2, -0.15) is 0 Å². The highest BCUT2D eigenvalue weighted by Crippen LogP contribution is 2.31. The number of nitrogens with one attached hydrogen (secondary N) is 6. The lowest BCUT2D eigenvalue weighted by molar-refractivity contribution is -0.380. The van der Waals surface area contributed by atoms with Crippen LogP contribution in [0.2, 0.25) is 0 Å². The minimum atomic E-state index is -1.31. The second kappa shape index (κ2) is 22.8. The van der Waals surface area contributed by atoms with Crippen molar-refractivity contribution in [3.8, 4) is 0 Å². The molecule has 0 saturated carbocycles. The number of hydrogen-bond acceptors (Lipinski definition) is 11. The molecule has 0 aliphatic rings. The lowest BCUT2D eigenvalue weighted by atomic mass is 10.1. The topological polar surface area (TPSA) is 189 Å². The maximum absolute atomic E-state index is 14.6. The summed E-state index contributed by atoms with van der Waals surface area (Å²) in [6.07, 6.45) is 7.99. The first-order valence-corrected chi connectivity index (χ1v) is 20.1. The van der Waals surface area contributed by atoms with Crippen LogP contribution in [0.3, 0.4) is 0 Å². The quantitative estimate of drug-likeness (QED) is 0.0182. The molecule has 4 aromatic rings. The van der Waals surface area contributed by atoms with Crippen LogP contribution in [0.15, 0.2) is 48.5 Å². The van der Waals surface area contributed by atoms with E-state index < -0.39 is 39.9 Å². The van der Waals surface area contributed by atoms with Crippen LogP contribution in [-0.2, 0) is 9.63 Å². The summed E-state index contributed by atoms with van der Waals surface area (Å²) < 4.78 is 43.5. The monoisotopic (exact) mass is 924 g/mol. The highest BCUT2D eigenvalue weighted by atomic mass is 127. The standard InChI is InChI=1S/C38H44F3IN8O6S/c1-23-37(50(54)55)57-38(45-23)48-35(52)27-13-12-26(22-32(27)46-24(2)51)44-19-9-7-5-3-4-6-8-17-43-18-10-20-56-49-36(53)28-14-15-29(39)33(41)34(28)47-31-16-11-25(42)21-30(31)40/h11-16,21-22,43-44,47H,3-10,17-20H2,1-2H3,(H,46,51)(H,49,53)(H,45,48,52). The molecule has 0 fully saturated rings. The molecule has 3 aromatic carbocycles. The number of thiazole rings is 1. The van der Waals surface area contributed by atoms with E-state index in [2.05, 4.69) is 37.0 Å². The molecule has 0 bridgehead atoms. The summed E-state index contributed by atoms with van der Waals surface area (Å²) in [7, 11) is 0. The van der Waals surface area contributed by atoms with Crippen LogP contribution in [0.5, 0.6) is 0 Å². The van der Waals surface area contributed by atoms with Crippen molar-refractivity contribution in [3.05, 3.63) is 96.5 Å². The number of rotatable bonds is 23. The van der Waals surface area contributed by atoms with Gasteiger partial charge in [-0.05, 0) is 122 Å². The van der Waals surface area contributed by atoms with Gasteiger partial charge in [0.2, 0.25) is 5.91 Å². The summed E-state index contributed by atoms with van der Waals surface area (Å²) >= 11 is 2.68. The van der Waals surface area contributed by atoms with Crippen LogP contribution in [0.4, 0.5) is 46.1 Å². The van der Waals surface area contributed by atoms with Crippen molar-refractivity contribution in [2.45, 2.75) is 65.2 Å². The van der Waals surface area contributed by atoms with E-state index >= 15 is 0 Å². The van der Waals surface area contributed by atoms with Crippen molar-refractivity contribution >= 4 is 84.5 Å². The van der Waals surface area contributed by atoms with E-state index in [0.717, 1.165) is 80.6 Å². The smallest absolute Gasteiger partial charge is 0.348 e. The molecule has 0 unspecified atom stereocenters. The zero-order valence-electron chi connectivity index (χ0n) is 31.4. The number of carbonyl (C=O) groups is 3. The van der Waals surface area contributed by atoms with Crippen LogP contribution in [0.1, 0.15) is 84.7 Å². The van der Waals surface area contributed by atoms with Gasteiger partial charge in [0.25, 0.3) is 11.8 Å². The minimum absolute atomic E-state index is 0.0936. The molecule has 19 heteroatoms. The molecule has 0 atom stereocenters. The highest BCUT2D eigenvalue weighted by Gasteiger charge is 2.22. The number of carbonyl (C=O) groups excluding carboxylic acids is 3. The second-order valence-electron chi connectivity index (χ2n) is 12.9. The molecule has 3 amide bonds. The summed E-state index contributed by atoms with van der Waals surface area (Å²) in [6.45, 7) is 5.23. The number of unbranched alkanes of at least 4 members (excludes halogenated alkanes) is 6. The third-order valence-electron chi connectivity index (χ3n) is 8.39. The zero-order valence-corrected chi connectivity index (χ0v) is 34.3. The van der Waals surface area contributed by atoms with Crippen LogP contribution < -0.4 is 32.1 Å². The lowest BCUT2D eigenvalue weighted by Crippen LogP contribution is -2.27. The molecule has 1 aromatic heterocycles. The number of anilines is 5. The maximum Gasteiger partial charge on any atom is 0.348 e. The molecule has 0 aliphatic carbocycles. The Morgan fingerprint density at radius 1 is 0.825 bits per heavy atom. The number of amides is 3. The Balaban J connectivity index is 1.04. The van der Waals surface area contributed by atoms with Crippen molar-refractivity contribution in [2.75, 3.05) is 47.5 Å². The van der Waals surface area contributed by atoms with Gasteiger partial charge in [0, 0.05) is 22.7 Å². The molecule has 0 aliphatic heterocycles. The van der Waals surface area contributed by atoms with E-state index in [9.17, 15) is 37.7 Å². The number of aryl methyl sites for hydroxylation is 1. The average Bonchev–Trinajstić information content (AvgIpc) is 3.53. The molecule has 306 valence electrons. The number of benzene rings is 3. The van der Waals surface area contributed by atoms with Crippen LogP contribution in [0.25, 0.3) is 0 Å². The van der Waals surface area contributed by atoms with E-state index in [1.807, 2.05) is 22.6 Å². The normalized spacial score (nSPS) is 10.9. The van der Waals surface area contributed by atoms with E-state index in [1.54, 1.807) is 24.3 Å². The fraction of sp³-hybridized carbons (Fsp3) is 0.368. The van der Waals surface area contributed by atoms with Crippen molar-refractivity contribution < 1.29 is 37.3 Å². The zero-order chi connectivity index (χ0) is 41.3. The molecule has 4 rings (SSSR count). The van der Waals surface area contributed by atoms with Crippen molar-refractivity contribution in [1.82, 2.24) is 15.8 Å². The fourth-order valence-corrected chi connectivity index (χ4v) is 6.80. The molecule has 0 spiro atoms. The summed E-state index contributed by atoms with van der Waals surface area (Å²) in [5, 5.41) is 25.4. The minimum Gasteiger partial charge on any atom is -0.385 e. The first kappa shape index (κ1) is 44.8. The van der Waals surface area contributed by atoms with Crippen molar-refractivity contribution in [2.24, 2.45) is 0 Å². The van der Waals surface area contributed by atoms with E-state index in [-0.39, 0.29) is 45.2 Å². The molecule has 1 heterocycles. The lowest BCUT2D eigenvalue weighted by Gasteiger charge is -2.14. The Morgan fingerprint density at radius 2 is 1.51 bits per heavy atom. The van der Waals surface area contributed by atoms with Crippen LogP contribution in [-0.4, -0.2) is 53.9 Å². The van der Waals surface area contributed by atoms with Crippen molar-refractivity contribution in [3.63, 3.8) is 0 Å². The SMILES string of the molecule is CC(=O)Nc1cc(NCCCCCCCCCNCCCONC(=O)c2ccc(F)c(F)c2Nc2ccc(I)cc2F)ccc1C(=O)Nc1nc(C)c([N+](=O)[O-])s1. The largest absolute Gasteiger partial charge is 0.385 e. The Morgan fingerprint density at radius 3 is 2.19 bits per heavy atom. The van der Waals surface area contributed by atoms with Gasteiger partial charge in [-0.3, -0.25) is 34.7 Å². The second-order valence-corrected chi connectivity index (χ2v) is 15.1. The van der Waals surface area contributed by atoms with Gasteiger partial charge in [-0.25, -0.2) is 23.6 Å². The highest BCUT2D eigenvalue weighted by molar-refractivity contribution is 14.1. The van der Waals surface area contributed by atoms with Gasteiger partial charge in [-0.15, -0.1) is 0 Å². The molecule has 6 N–H and O–H groups in total. The van der Waals surface area contributed by atoms with Gasteiger partial charge in [0.1, 0.15) is 11.5 Å². The molecule has 14 nitrogen and oxygen atoms in total. The Hall–Kier alpha value is -4.86. The van der Waals surface area contributed by atoms with Crippen LogP contribution in [0, 0.1) is 38.1 Å². The molecule has 0 radical (unpaired) electrons. The number of halogens is 4. The predicted molar refractivity (Wildman–Crippen MR) is 223 cm³/mol. The summed E-state index contributed by atoms with van der Waals surface area (Å²) in [6, 6.07) is 11.1. The number of nitrogens with zero attached hydrogens (tertiary/aromatic N) is 2. The maximum atomic E-state index is 14.6. The van der Waals surface area contributed by atoms with E-state index in [0.29, 0.717) is 28.8 Å². The van der Waals surface area contributed by atoms with Gasteiger partial charge >= 0.3 is 5.00 Å². The molecule has 0 saturated heterocycles. The number of nitro groups is 1. The fourth-order valence-electron chi connectivity index (χ4n) is 5.57. The Kier molecular flexibility index (Phi) is 17.9. The summed E-state index contributed by atoms with van der Waals surface area (Å²) in [5.41, 5.74) is 2.83. The molecular weight excluding hydrogens is 880 g/mol.